The van der Waals surface area contributed by atoms with Crippen LogP contribution in [0.3, 0.4) is 0 Å². The number of nitrogens with zero attached hydrogens (tertiary/aromatic N) is 2. The molecule has 3 nitrogen and oxygen atoms in total. The maximum absolute atomic E-state index is 9.88. The number of nitroso groups, excluding NO2 is 1. The first kappa shape index (κ1) is 8.14. The molecule has 1 rings (SSSR count). The molecule has 0 saturated heterocycles. The van der Waals surface area contributed by atoms with Gasteiger partial charge in [-0.05, 0) is 24.6 Å². The number of aryl methyl sites for hydroxylation is 1. The van der Waals surface area contributed by atoms with Gasteiger partial charge in [0.1, 0.15) is 11.7 Å². The minimum Gasteiger partial charge on any atom is -0.241 e. The van der Waals surface area contributed by atoms with Crippen molar-refractivity contribution in [2.75, 3.05) is 0 Å². The number of pyridine rings is 1. The van der Waals surface area contributed by atoms with Crippen molar-refractivity contribution >= 4 is 11.6 Å². The Morgan fingerprint density at radius 3 is 2.91 bits per heavy atom. The van der Waals surface area contributed by atoms with E-state index in [0.29, 0.717) is 5.15 Å². The molecule has 0 spiro atoms. The Kier molecular flexibility index (Phi) is 2.54. The lowest BCUT2D eigenvalue weighted by Crippen LogP contribution is -1.86. The lowest BCUT2D eigenvalue weighted by atomic mass is 10.2. The van der Waals surface area contributed by atoms with Gasteiger partial charge in [0.05, 0.1) is 0 Å². The fourth-order valence-corrected chi connectivity index (χ4v) is 1.14. The Labute approximate surface area is 69.4 Å². The van der Waals surface area contributed by atoms with Gasteiger partial charge < -0.3 is 0 Å². The van der Waals surface area contributed by atoms with Crippen LogP contribution in [0.25, 0.3) is 0 Å². The number of halogens is 1. The van der Waals surface area contributed by atoms with E-state index in [0.717, 1.165) is 11.3 Å². The second-order valence-corrected chi connectivity index (χ2v) is 2.61. The topological polar surface area (TPSA) is 42.3 Å². The lowest BCUT2D eigenvalue weighted by molar-refractivity contribution is 1.03. The summed E-state index contributed by atoms with van der Waals surface area (Å²) in [5, 5.41) is 3.16. The van der Waals surface area contributed by atoms with E-state index in [2.05, 4.69) is 10.2 Å². The molecule has 0 N–H and O–H groups in total. The molecular formula is C7H7ClN2O. The van der Waals surface area contributed by atoms with Gasteiger partial charge in [0, 0.05) is 5.69 Å². The van der Waals surface area contributed by atoms with E-state index in [1.165, 1.54) is 0 Å². The molecule has 0 bridgehead atoms. The molecule has 0 fully saturated rings. The molecule has 1 aromatic rings. The van der Waals surface area contributed by atoms with Crippen LogP contribution in [0.5, 0.6) is 0 Å². The zero-order valence-corrected chi connectivity index (χ0v) is 6.80. The van der Waals surface area contributed by atoms with E-state index >= 15 is 0 Å². The quantitative estimate of drug-likeness (QED) is 0.505. The Morgan fingerprint density at radius 1 is 1.64 bits per heavy atom. The molecule has 1 heterocycles. The van der Waals surface area contributed by atoms with Crippen LogP contribution in [0.2, 0.25) is 5.15 Å². The predicted octanol–water partition coefficient (Wildman–Crippen LogP) is 2.31. The van der Waals surface area contributed by atoms with Crippen LogP contribution in [0.4, 0.5) is 0 Å². The van der Waals surface area contributed by atoms with Crippen molar-refractivity contribution < 1.29 is 0 Å². The minimum absolute atomic E-state index is 0.156. The second-order valence-electron chi connectivity index (χ2n) is 2.23. The monoisotopic (exact) mass is 170 g/mol. The molecule has 0 aromatic carbocycles. The normalized spacial score (nSPS) is 9.64. The van der Waals surface area contributed by atoms with Crippen molar-refractivity contribution in [3.8, 4) is 0 Å². The van der Waals surface area contributed by atoms with E-state index < -0.39 is 0 Å². The number of aromatic nitrogens is 1. The third-order valence-corrected chi connectivity index (χ3v) is 1.42. The highest BCUT2D eigenvalue weighted by molar-refractivity contribution is 6.29. The molecule has 11 heavy (non-hydrogen) atoms. The zero-order valence-electron chi connectivity index (χ0n) is 6.04. The highest BCUT2D eigenvalue weighted by atomic mass is 35.5. The fraction of sp³-hybridized carbons (Fsp3) is 0.286. The van der Waals surface area contributed by atoms with Crippen molar-refractivity contribution in [3.63, 3.8) is 0 Å². The van der Waals surface area contributed by atoms with Crippen LogP contribution in [-0.2, 0) is 6.54 Å². The van der Waals surface area contributed by atoms with Crippen LogP contribution in [0.15, 0.2) is 17.3 Å². The maximum Gasteiger partial charge on any atom is 0.129 e. The second kappa shape index (κ2) is 3.44. The summed E-state index contributed by atoms with van der Waals surface area (Å²) in [4.78, 5) is 13.8. The summed E-state index contributed by atoms with van der Waals surface area (Å²) in [5.74, 6) is 0. The first-order valence-corrected chi connectivity index (χ1v) is 3.52. The Bertz CT molecular complexity index is 255. The highest BCUT2D eigenvalue weighted by Gasteiger charge is 1.96. The molecule has 0 atom stereocenters. The summed E-state index contributed by atoms with van der Waals surface area (Å²) in [7, 11) is 0. The highest BCUT2D eigenvalue weighted by Crippen LogP contribution is 2.10. The van der Waals surface area contributed by atoms with Gasteiger partial charge in [-0.15, -0.1) is 0 Å². The van der Waals surface area contributed by atoms with Gasteiger partial charge in [-0.3, -0.25) is 0 Å². The summed E-state index contributed by atoms with van der Waals surface area (Å²) >= 11 is 5.63. The Morgan fingerprint density at radius 2 is 2.36 bits per heavy atom. The van der Waals surface area contributed by atoms with Crippen molar-refractivity contribution in [1.29, 1.82) is 0 Å². The zero-order chi connectivity index (χ0) is 8.27. The van der Waals surface area contributed by atoms with Gasteiger partial charge in [-0.2, -0.15) is 4.91 Å². The SMILES string of the molecule is Cc1cc(CN=O)cc(Cl)n1. The van der Waals surface area contributed by atoms with Gasteiger partial charge in [-0.1, -0.05) is 16.8 Å². The molecule has 1 aromatic heterocycles. The van der Waals surface area contributed by atoms with Gasteiger partial charge in [0.2, 0.25) is 0 Å². The Balaban J connectivity index is 2.98. The van der Waals surface area contributed by atoms with Crippen LogP contribution in [-0.4, -0.2) is 4.98 Å². The number of hydrogen-bond acceptors (Lipinski definition) is 3. The molecule has 4 heteroatoms. The first-order valence-electron chi connectivity index (χ1n) is 3.14. The van der Waals surface area contributed by atoms with Gasteiger partial charge in [0.25, 0.3) is 0 Å². The van der Waals surface area contributed by atoms with Crippen molar-refractivity contribution in [2.24, 2.45) is 5.18 Å². The largest absolute Gasteiger partial charge is 0.241 e. The molecule has 0 amide bonds. The van der Waals surface area contributed by atoms with E-state index in [1.807, 2.05) is 6.92 Å². The maximum atomic E-state index is 9.88. The molecule has 0 unspecified atom stereocenters. The summed E-state index contributed by atoms with van der Waals surface area (Å²) in [6, 6.07) is 3.42. The lowest BCUT2D eigenvalue weighted by Gasteiger charge is -1.96. The predicted molar refractivity (Wildman–Crippen MR) is 43.5 cm³/mol. The molecule has 0 aliphatic rings. The summed E-state index contributed by atoms with van der Waals surface area (Å²) in [6.45, 7) is 1.98. The first-order chi connectivity index (χ1) is 5.22. The van der Waals surface area contributed by atoms with Gasteiger partial charge >= 0.3 is 0 Å². The molecular weight excluding hydrogens is 164 g/mol. The van der Waals surface area contributed by atoms with Crippen LogP contribution in [0.1, 0.15) is 11.3 Å². The summed E-state index contributed by atoms with van der Waals surface area (Å²) < 4.78 is 0. The molecule has 0 saturated carbocycles. The van der Waals surface area contributed by atoms with Crippen LogP contribution >= 0.6 is 11.6 Å². The van der Waals surface area contributed by atoms with Crippen LogP contribution < -0.4 is 0 Å². The molecule has 0 aliphatic carbocycles. The average molecular weight is 171 g/mol. The Hall–Kier alpha value is -0.960. The third-order valence-electron chi connectivity index (χ3n) is 1.23. The molecule has 0 aliphatic heterocycles. The standard InChI is InChI=1S/C7H7ClN2O/c1-5-2-6(4-9-11)3-7(8)10-5/h2-3H,4H2,1H3. The van der Waals surface area contributed by atoms with E-state index in [4.69, 9.17) is 11.6 Å². The van der Waals surface area contributed by atoms with E-state index in [-0.39, 0.29) is 6.54 Å². The molecule has 58 valence electrons. The number of rotatable bonds is 2. The van der Waals surface area contributed by atoms with E-state index in [9.17, 15) is 4.91 Å². The number of hydrogen-bond donors (Lipinski definition) is 0. The summed E-state index contributed by atoms with van der Waals surface area (Å²) in [5.41, 5.74) is 1.61. The average Bonchev–Trinajstić information content (AvgIpc) is 1.85. The summed E-state index contributed by atoms with van der Waals surface area (Å²) in [6.07, 6.45) is 0. The molecule has 0 radical (unpaired) electrons. The fourth-order valence-electron chi connectivity index (χ4n) is 0.862. The van der Waals surface area contributed by atoms with Crippen molar-refractivity contribution in [1.82, 2.24) is 4.98 Å². The van der Waals surface area contributed by atoms with Crippen molar-refractivity contribution in [3.05, 3.63) is 33.5 Å². The van der Waals surface area contributed by atoms with Gasteiger partial charge in [-0.25, -0.2) is 4.98 Å². The smallest absolute Gasteiger partial charge is 0.129 e. The van der Waals surface area contributed by atoms with Gasteiger partial charge in [0.15, 0.2) is 0 Å². The minimum atomic E-state index is 0.156. The third kappa shape index (κ3) is 2.27. The van der Waals surface area contributed by atoms with Crippen LogP contribution in [0, 0.1) is 11.8 Å². The van der Waals surface area contributed by atoms with Crippen molar-refractivity contribution in [2.45, 2.75) is 13.5 Å². The van der Waals surface area contributed by atoms with E-state index in [1.54, 1.807) is 12.1 Å².